The van der Waals surface area contributed by atoms with Crippen LogP contribution in [0.4, 0.5) is 0 Å². The minimum Gasteiger partial charge on any atom is -0.344 e. The van der Waals surface area contributed by atoms with Gasteiger partial charge >= 0.3 is 0 Å². The molecule has 0 bridgehead atoms. The van der Waals surface area contributed by atoms with Gasteiger partial charge in [0.1, 0.15) is 11.9 Å². The lowest BCUT2D eigenvalue weighted by Gasteiger charge is -2.29. The molecule has 90 valence electrons. The number of nitrogens with zero attached hydrogens (tertiary/aromatic N) is 3. The van der Waals surface area contributed by atoms with Crippen LogP contribution in [0.25, 0.3) is 0 Å². The zero-order valence-corrected chi connectivity index (χ0v) is 9.43. The van der Waals surface area contributed by atoms with E-state index in [1.54, 1.807) is 11.1 Å². The number of imidazole rings is 1. The van der Waals surface area contributed by atoms with Gasteiger partial charge in [-0.3, -0.25) is 9.59 Å². The Morgan fingerprint density at radius 3 is 3.12 bits per heavy atom. The van der Waals surface area contributed by atoms with Crippen molar-refractivity contribution in [2.75, 3.05) is 6.54 Å². The van der Waals surface area contributed by atoms with Crippen molar-refractivity contribution >= 4 is 11.8 Å². The summed E-state index contributed by atoms with van der Waals surface area (Å²) in [4.78, 5) is 29.2. The first-order valence-corrected chi connectivity index (χ1v) is 5.82. The molecular formula is C11H14N4O2. The zero-order chi connectivity index (χ0) is 11.8. The SMILES string of the molecule is O=C1CCC(C(=O)N2CCn3ccnc3C2)N1. The van der Waals surface area contributed by atoms with E-state index in [0.717, 1.165) is 12.4 Å². The molecule has 1 atom stereocenters. The molecule has 0 spiro atoms. The Kier molecular flexibility index (Phi) is 2.35. The summed E-state index contributed by atoms with van der Waals surface area (Å²) >= 11 is 0. The lowest BCUT2D eigenvalue weighted by atomic mass is 10.2. The molecule has 2 aliphatic rings. The lowest BCUT2D eigenvalue weighted by Crippen LogP contribution is -2.47. The second kappa shape index (κ2) is 3.87. The van der Waals surface area contributed by atoms with E-state index in [-0.39, 0.29) is 17.9 Å². The van der Waals surface area contributed by atoms with Crippen molar-refractivity contribution in [1.29, 1.82) is 0 Å². The van der Waals surface area contributed by atoms with Gasteiger partial charge in [0.05, 0.1) is 6.54 Å². The minimum absolute atomic E-state index is 0.0186. The van der Waals surface area contributed by atoms with E-state index in [1.807, 2.05) is 6.20 Å². The second-order valence-electron chi connectivity index (χ2n) is 4.46. The number of amides is 2. The van der Waals surface area contributed by atoms with Crippen molar-refractivity contribution < 1.29 is 9.59 Å². The fourth-order valence-electron chi connectivity index (χ4n) is 2.38. The number of fused-ring (bicyclic) bond motifs is 1. The molecule has 6 nitrogen and oxygen atoms in total. The van der Waals surface area contributed by atoms with Gasteiger partial charge in [0.15, 0.2) is 0 Å². The maximum absolute atomic E-state index is 12.2. The van der Waals surface area contributed by atoms with Gasteiger partial charge in [-0.1, -0.05) is 0 Å². The Hall–Kier alpha value is -1.85. The molecule has 0 saturated carbocycles. The minimum atomic E-state index is -0.330. The maximum atomic E-state index is 12.2. The molecule has 0 aromatic carbocycles. The molecule has 3 rings (SSSR count). The van der Waals surface area contributed by atoms with Crippen LogP contribution in [-0.2, 0) is 22.7 Å². The maximum Gasteiger partial charge on any atom is 0.245 e. The van der Waals surface area contributed by atoms with Crippen molar-refractivity contribution in [3.63, 3.8) is 0 Å². The molecule has 17 heavy (non-hydrogen) atoms. The van der Waals surface area contributed by atoms with E-state index < -0.39 is 0 Å². The summed E-state index contributed by atoms with van der Waals surface area (Å²) in [5.74, 6) is 0.904. The first kappa shape index (κ1) is 10.3. The average molecular weight is 234 g/mol. The first-order chi connectivity index (χ1) is 8.24. The largest absolute Gasteiger partial charge is 0.344 e. The van der Waals surface area contributed by atoms with Crippen LogP contribution in [-0.4, -0.2) is 38.9 Å². The summed E-state index contributed by atoms with van der Waals surface area (Å²) in [7, 11) is 0. The molecule has 1 fully saturated rings. The van der Waals surface area contributed by atoms with Crippen LogP contribution in [0.5, 0.6) is 0 Å². The Morgan fingerprint density at radius 2 is 2.35 bits per heavy atom. The van der Waals surface area contributed by atoms with Gasteiger partial charge in [0.25, 0.3) is 0 Å². The van der Waals surface area contributed by atoms with E-state index in [2.05, 4.69) is 14.9 Å². The summed E-state index contributed by atoms with van der Waals surface area (Å²) in [5, 5.41) is 2.71. The van der Waals surface area contributed by atoms with E-state index in [0.29, 0.717) is 25.9 Å². The Morgan fingerprint density at radius 1 is 1.47 bits per heavy atom. The summed E-state index contributed by atoms with van der Waals surface area (Å²) < 4.78 is 2.05. The van der Waals surface area contributed by atoms with Gasteiger partial charge in [-0.15, -0.1) is 0 Å². The number of hydrogen-bond donors (Lipinski definition) is 1. The molecule has 1 saturated heterocycles. The monoisotopic (exact) mass is 234 g/mol. The van der Waals surface area contributed by atoms with Crippen LogP contribution < -0.4 is 5.32 Å². The van der Waals surface area contributed by atoms with Crippen LogP contribution in [0.2, 0.25) is 0 Å². The van der Waals surface area contributed by atoms with Gasteiger partial charge in [-0.2, -0.15) is 0 Å². The lowest BCUT2D eigenvalue weighted by molar-refractivity contribution is -0.135. The van der Waals surface area contributed by atoms with Crippen LogP contribution in [0.15, 0.2) is 12.4 Å². The number of carbonyl (C=O) groups is 2. The highest BCUT2D eigenvalue weighted by atomic mass is 16.2. The average Bonchev–Trinajstić information content (AvgIpc) is 2.95. The summed E-state index contributed by atoms with van der Waals surface area (Å²) in [6.45, 7) is 2.01. The van der Waals surface area contributed by atoms with Crippen molar-refractivity contribution in [2.45, 2.75) is 32.0 Å². The summed E-state index contributed by atoms with van der Waals surface area (Å²) in [6.07, 6.45) is 4.75. The molecule has 2 amide bonds. The molecule has 3 heterocycles. The molecular weight excluding hydrogens is 220 g/mol. The summed E-state index contributed by atoms with van der Waals surface area (Å²) in [5.41, 5.74) is 0. The summed E-state index contributed by atoms with van der Waals surface area (Å²) in [6, 6.07) is -0.330. The normalized spacial score (nSPS) is 23.4. The number of aromatic nitrogens is 2. The molecule has 0 aliphatic carbocycles. The van der Waals surface area contributed by atoms with Crippen LogP contribution in [0.3, 0.4) is 0 Å². The highest BCUT2D eigenvalue weighted by Gasteiger charge is 2.32. The number of nitrogens with one attached hydrogen (secondary N) is 1. The standard InChI is InChI=1S/C11H14N4O2/c16-10-2-1-8(13-10)11(17)15-6-5-14-4-3-12-9(14)7-15/h3-4,8H,1-2,5-7H2,(H,13,16). The first-order valence-electron chi connectivity index (χ1n) is 5.82. The highest BCUT2D eigenvalue weighted by molar-refractivity contribution is 5.90. The van der Waals surface area contributed by atoms with E-state index in [9.17, 15) is 9.59 Å². The number of hydrogen-bond acceptors (Lipinski definition) is 3. The number of rotatable bonds is 1. The predicted molar refractivity (Wildman–Crippen MR) is 58.8 cm³/mol. The molecule has 0 radical (unpaired) electrons. The van der Waals surface area contributed by atoms with Gasteiger partial charge in [-0.25, -0.2) is 4.98 Å². The quantitative estimate of drug-likeness (QED) is 0.712. The Labute approximate surface area is 98.6 Å². The topological polar surface area (TPSA) is 67.2 Å². The van der Waals surface area contributed by atoms with Crippen LogP contribution >= 0.6 is 0 Å². The molecule has 1 aromatic heterocycles. The molecule has 1 unspecified atom stereocenters. The molecule has 1 aromatic rings. The Bertz CT molecular complexity index is 468. The highest BCUT2D eigenvalue weighted by Crippen LogP contribution is 2.15. The third kappa shape index (κ3) is 1.79. The predicted octanol–water partition coefficient (Wildman–Crippen LogP) is -0.496. The smallest absolute Gasteiger partial charge is 0.245 e. The fraction of sp³-hybridized carbons (Fsp3) is 0.545. The Balaban J connectivity index is 1.70. The van der Waals surface area contributed by atoms with Crippen LogP contribution in [0, 0.1) is 0 Å². The van der Waals surface area contributed by atoms with E-state index in [4.69, 9.17) is 0 Å². The third-order valence-electron chi connectivity index (χ3n) is 3.35. The fourth-order valence-corrected chi connectivity index (χ4v) is 2.38. The molecule has 6 heteroatoms. The van der Waals surface area contributed by atoms with E-state index in [1.165, 1.54) is 0 Å². The van der Waals surface area contributed by atoms with Crippen molar-refractivity contribution in [3.8, 4) is 0 Å². The van der Waals surface area contributed by atoms with Gasteiger partial charge < -0.3 is 14.8 Å². The zero-order valence-electron chi connectivity index (χ0n) is 9.43. The van der Waals surface area contributed by atoms with E-state index >= 15 is 0 Å². The van der Waals surface area contributed by atoms with Gasteiger partial charge in [0, 0.05) is 31.9 Å². The van der Waals surface area contributed by atoms with Gasteiger partial charge in [0.2, 0.25) is 11.8 Å². The molecule has 2 aliphatic heterocycles. The third-order valence-corrected chi connectivity index (χ3v) is 3.35. The van der Waals surface area contributed by atoms with Crippen molar-refractivity contribution in [1.82, 2.24) is 19.8 Å². The second-order valence-corrected chi connectivity index (χ2v) is 4.46. The van der Waals surface area contributed by atoms with Gasteiger partial charge in [-0.05, 0) is 6.42 Å². The van der Waals surface area contributed by atoms with Crippen molar-refractivity contribution in [2.24, 2.45) is 0 Å². The van der Waals surface area contributed by atoms with Crippen LogP contribution in [0.1, 0.15) is 18.7 Å². The molecule has 1 N–H and O–H groups in total. The number of carbonyl (C=O) groups excluding carboxylic acids is 2. The van der Waals surface area contributed by atoms with Crippen molar-refractivity contribution in [3.05, 3.63) is 18.2 Å².